The number of hydroxylamine groups is 2. The predicted octanol–water partition coefficient (Wildman–Crippen LogP) is 1.73. The fourth-order valence-electron chi connectivity index (χ4n) is 3.38. The summed E-state index contributed by atoms with van der Waals surface area (Å²) in [4.78, 5) is 10.9. The van der Waals surface area contributed by atoms with E-state index in [2.05, 4.69) is 5.92 Å². The molecule has 0 aromatic rings. The van der Waals surface area contributed by atoms with Crippen LogP contribution in [0.4, 0.5) is 4.79 Å². The zero-order valence-electron chi connectivity index (χ0n) is 9.35. The summed E-state index contributed by atoms with van der Waals surface area (Å²) < 4.78 is 0. The fourth-order valence-corrected chi connectivity index (χ4v) is 3.38. The van der Waals surface area contributed by atoms with Gasteiger partial charge in [0.15, 0.2) is 0 Å². The number of urea groups is 1. The second-order valence-electron chi connectivity index (χ2n) is 5.22. The van der Waals surface area contributed by atoms with E-state index in [9.17, 15) is 10.0 Å². The number of nitrogens with two attached hydrogens (primary N) is 1. The highest BCUT2D eigenvalue weighted by atomic mass is 16.5. The Labute approximate surface area is 95.8 Å². The Balaban J connectivity index is 2.02. The van der Waals surface area contributed by atoms with Gasteiger partial charge in [-0.1, -0.05) is 5.92 Å². The van der Waals surface area contributed by atoms with E-state index in [4.69, 9.17) is 12.2 Å². The maximum absolute atomic E-state index is 10.9. The molecule has 2 amide bonds. The molecule has 0 aromatic heterocycles. The molecule has 0 heterocycles. The van der Waals surface area contributed by atoms with E-state index < -0.39 is 12.1 Å². The number of fused-ring (bicyclic) bond motifs is 2. The van der Waals surface area contributed by atoms with Crippen LogP contribution in [0.1, 0.15) is 38.5 Å². The number of terminal acetylenes is 1. The summed E-state index contributed by atoms with van der Waals surface area (Å²) in [5, 5.41) is 9.99. The zero-order chi connectivity index (χ0) is 11.8. The summed E-state index contributed by atoms with van der Waals surface area (Å²) in [6.07, 6.45) is 12.1. The normalized spacial score (nSPS) is 33.4. The van der Waals surface area contributed by atoms with Crippen molar-refractivity contribution in [2.75, 3.05) is 0 Å². The number of hydrogen-bond acceptors (Lipinski definition) is 2. The lowest BCUT2D eigenvalue weighted by molar-refractivity contribution is -0.0691. The fraction of sp³-hybridized carbons (Fsp3) is 0.750. The third-order valence-corrected chi connectivity index (χ3v) is 4.23. The number of carbonyl (C=O) groups is 1. The maximum Gasteiger partial charge on any atom is 0.339 e. The Hall–Kier alpha value is -1.21. The summed E-state index contributed by atoms with van der Waals surface area (Å²) in [6, 6.07) is -1.44. The average molecular weight is 222 g/mol. The molecule has 0 spiro atoms. The number of carbonyl (C=O) groups excluding carboxylic acids is 1. The Morgan fingerprint density at radius 3 is 2.62 bits per heavy atom. The monoisotopic (exact) mass is 222 g/mol. The quantitative estimate of drug-likeness (QED) is 0.434. The molecular formula is C12H18N2O2. The van der Waals surface area contributed by atoms with Gasteiger partial charge in [0, 0.05) is 0 Å². The first-order valence-corrected chi connectivity index (χ1v) is 5.80. The van der Waals surface area contributed by atoms with E-state index in [-0.39, 0.29) is 5.41 Å². The molecule has 0 saturated heterocycles. The Kier molecular flexibility index (Phi) is 2.81. The molecule has 3 N–H and O–H groups in total. The Morgan fingerprint density at radius 2 is 2.25 bits per heavy atom. The summed E-state index contributed by atoms with van der Waals surface area (Å²) in [5.41, 5.74) is 5.27. The van der Waals surface area contributed by atoms with Gasteiger partial charge < -0.3 is 5.73 Å². The van der Waals surface area contributed by atoms with Crippen molar-refractivity contribution in [1.82, 2.24) is 5.06 Å². The highest BCUT2D eigenvalue weighted by Crippen LogP contribution is 2.56. The standard InChI is InChI=1S/C12H18N2O2/c1-2-10(14(16)11(13)15)8-12-5-3-9(7-12)4-6-12/h1,9-10,16H,3-8H2,(H2,13,15). The van der Waals surface area contributed by atoms with Crippen molar-refractivity contribution in [2.45, 2.75) is 44.6 Å². The number of primary amides is 1. The molecule has 4 nitrogen and oxygen atoms in total. The molecule has 2 aliphatic rings. The van der Waals surface area contributed by atoms with Crippen molar-refractivity contribution in [2.24, 2.45) is 17.1 Å². The predicted molar refractivity (Wildman–Crippen MR) is 59.5 cm³/mol. The molecule has 2 aliphatic carbocycles. The van der Waals surface area contributed by atoms with Crippen molar-refractivity contribution < 1.29 is 10.0 Å². The molecule has 1 atom stereocenters. The smallest absolute Gasteiger partial charge is 0.339 e. The van der Waals surface area contributed by atoms with Crippen LogP contribution in [0.3, 0.4) is 0 Å². The van der Waals surface area contributed by atoms with Gasteiger partial charge in [-0.25, -0.2) is 4.79 Å². The first-order valence-electron chi connectivity index (χ1n) is 5.80. The van der Waals surface area contributed by atoms with Crippen LogP contribution in [0.15, 0.2) is 0 Å². The molecule has 2 bridgehead atoms. The van der Waals surface area contributed by atoms with E-state index in [1.807, 2.05) is 0 Å². The van der Waals surface area contributed by atoms with Gasteiger partial charge in [0.2, 0.25) is 0 Å². The number of rotatable bonds is 3. The third kappa shape index (κ3) is 1.88. The zero-order valence-corrected chi connectivity index (χ0v) is 9.35. The lowest BCUT2D eigenvalue weighted by atomic mass is 9.79. The van der Waals surface area contributed by atoms with Crippen LogP contribution < -0.4 is 5.73 Å². The van der Waals surface area contributed by atoms with Crippen LogP contribution in [0.5, 0.6) is 0 Å². The van der Waals surface area contributed by atoms with E-state index in [0.29, 0.717) is 11.5 Å². The molecule has 4 heteroatoms. The number of hydrogen-bond donors (Lipinski definition) is 2. The minimum absolute atomic E-state index is 0.248. The minimum atomic E-state index is -0.869. The summed E-state index contributed by atoms with van der Waals surface area (Å²) in [5.74, 6) is 3.30. The summed E-state index contributed by atoms with van der Waals surface area (Å²) in [6.45, 7) is 0. The molecule has 16 heavy (non-hydrogen) atoms. The lowest BCUT2D eigenvalue weighted by Gasteiger charge is -2.31. The van der Waals surface area contributed by atoms with Gasteiger partial charge >= 0.3 is 6.03 Å². The van der Waals surface area contributed by atoms with Gasteiger partial charge in [-0.05, 0) is 49.9 Å². The second-order valence-corrected chi connectivity index (χ2v) is 5.22. The minimum Gasteiger partial charge on any atom is -0.350 e. The Morgan fingerprint density at radius 1 is 1.62 bits per heavy atom. The molecule has 1 unspecified atom stereocenters. The van der Waals surface area contributed by atoms with Crippen molar-refractivity contribution in [1.29, 1.82) is 0 Å². The van der Waals surface area contributed by atoms with Crippen molar-refractivity contribution in [3.8, 4) is 12.3 Å². The lowest BCUT2D eigenvalue weighted by Crippen LogP contribution is -2.42. The molecule has 0 aliphatic heterocycles. The molecular weight excluding hydrogens is 204 g/mol. The van der Waals surface area contributed by atoms with Gasteiger partial charge in [-0.15, -0.1) is 6.42 Å². The van der Waals surface area contributed by atoms with E-state index in [1.54, 1.807) is 0 Å². The maximum atomic E-state index is 10.9. The summed E-state index contributed by atoms with van der Waals surface area (Å²) >= 11 is 0. The molecule has 0 aromatic carbocycles. The van der Waals surface area contributed by atoms with Crippen LogP contribution in [0.2, 0.25) is 0 Å². The highest BCUT2D eigenvalue weighted by molar-refractivity contribution is 5.71. The highest BCUT2D eigenvalue weighted by Gasteiger charge is 2.46. The largest absolute Gasteiger partial charge is 0.350 e. The molecule has 2 saturated carbocycles. The van der Waals surface area contributed by atoms with Gasteiger partial charge in [0.1, 0.15) is 6.04 Å². The van der Waals surface area contributed by atoms with Crippen LogP contribution in [0, 0.1) is 23.7 Å². The van der Waals surface area contributed by atoms with Crippen molar-refractivity contribution in [3.05, 3.63) is 0 Å². The van der Waals surface area contributed by atoms with Gasteiger partial charge in [0.25, 0.3) is 0 Å². The van der Waals surface area contributed by atoms with Gasteiger partial charge in [0.05, 0.1) is 0 Å². The number of amides is 2. The molecule has 88 valence electrons. The van der Waals surface area contributed by atoms with Gasteiger partial charge in [-0.3, -0.25) is 5.21 Å². The van der Waals surface area contributed by atoms with Crippen molar-refractivity contribution in [3.63, 3.8) is 0 Å². The topological polar surface area (TPSA) is 66.6 Å². The molecule has 2 fully saturated rings. The third-order valence-electron chi connectivity index (χ3n) is 4.23. The first-order chi connectivity index (χ1) is 7.56. The van der Waals surface area contributed by atoms with E-state index >= 15 is 0 Å². The first kappa shape index (κ1) is 11.3. The average Bonchev–Trinajstić information content (AvgIpc) is 2.85. The number of nitrogens with zero attached hydrogens (tertiary/aromatic N) is 1. The Bertz CT molecular complexity index is 326. The van der Waals surface area contributed by atoms with E-state index in [1.165, 1.54) is 32.1 Å². The molecule has 0 radical (unpaired) electrons. The van der Waals surface area contributed by atoms with Crippen LogP contribution in [0.25, 0.3) is 0 Å². The van der Waals surface area contributed by atoms with Crippen LogP contribution in [-0.4, -0.2) is 22.3 Å². The van der Waals surface area contributed by atoms with E-state index in [0.717, 1.165) is 5.92 Å². The second kappa shape index (κ2) is 3.99. The van der Waals surface area contributed by atoms with Crippen molar-refractivity contribution >= 4 is 6.03 Å². The van der Waals surface area contributed by atoms with Gasteiger partial charge in [-0.2, -0.15) is 5.06 Å². The van der Waals surface area contributed by atoms with Crippen LogP contribution in [-0.2, 0) is 0 Å². The van der Waals surface area contributed by atoms with Crippen LogP contribution >= 0.6 is 0 Å². The SMILES string of the molecule is C#CC(CC12CCC(CC1)C2)N(O)C(N)=O. The summed E-state index contributed by atoms with van der Waals surface area (Å²) in [7, 11) is 0. The molecule has 2 rings (SSSR count).